The van der Waals surface area contributed by atoms with Crippen molar-refractivity contribution < 1.29 is 14.7 Å². The average Bonchev–Trinajstić information content (AvgIpc) is 2.83. The van der Waals surface area contributed by atoms with E-state index in [9.17, 15) is 14.7 Å². The minimum absolute atomic E-state index is 0.0450. The molecule has 1 aliphatic rings. The molecule has 116 valence electrons. The Hall–Kier alpha value is -1.06. The lowest BCUT2D eigenvalue weighted by Crippen LogP contribution is -2.50. The molecule has 0 aromatic carbocycles. The number of hydrogen-bond acceptors (Lipinski definition) is 2. The minimum Gasteiger partial charge on any atom is -0.480 e. The van der Waals surface area contributed by atoms with Gasteiger partial charge in [-0.3, -0.25) is 4.79 Å². The first-order chi connectivity index (χ1) is 9.32. The average molecular weight is 283 g/mol. The first-order valence-corrected chi connectivity index (χ1v) is 7.86. The molecule has 0 spiro atoms. The maximum absolute atomic E-state index is 12.7. The van der Waals surface area contributed by atoms with E-state index in [1.165, 1.54) is 0 Å². The lowest BCUT2D eigenvalue weighted by Gasteiger charge is -2.32. The van der Waals surface area contributed by atoms with E-state index in [-0.39, 0.29) is 17.2 Å². The summed E-state index contributed by atoms with van der Waals surface area (Å²) >= 11 is 0. The number of carboxylic acids is 1. The number of amides is 1. The van der Waals surface area contributed by atoms with Gasteiger partial charge in [-0.15, -0.1) is 0 Å². The lowest BCUT2D eigenvalue weighted by molar-refractivity contribution is -0.145. The van der Waals surface area contributed by atoms with Gasteiger partial charge in [-0.2, -0.15) is 0 Å². The van der Waals surface area contributed by atoms with Gasteiger partial charge in [0.05, 0.1) is 0 Å². The number of carbonyl (C=O) groups is 2. The summed E-state index contributed by atoms with van der Waals surface area (Å²) in [4.78, 5) is 24.0. The Bertz CT molecular complexity index is 346. The summed E-state index contributed by atoms with van der Waals surface area (Å²) in [5, 5.41) is 12.1. The van der Waals surface area contributed by atoms with Crippen LogP contribution in [-0.2, 0) is 9.59 Å². The molecule has 0 aromatic rings. The van der Waals surface area contributed by atoms with E-state index in [1.807, 2.05) is 13.8 Å². The standard InChI is InChI=1S/C16H29NO3/c1-5-12(4)13(14(18)19)17-15(20)16(10-11(2)3)8-6-7-9-16/h11-13H,5-10H2,1-4H3,(H,17,20)(H,18,19). The van der Waals surface area contributed by atoms with E-state index in [1.54, 1.807) is 0 Å². The Kier molecular flexibility index (Phi) is 6.03. The fourth-order valence-electron chi connectivity index (χ4n) is 3.33. The van der Waals surface area contributed by atoms with Crippen LogP contribution < -0.4 is 5.32 Å². The predicted octanol–water partition coefficient (Wildman–Crippen LogP) is 3.21. The van der Waals surface area contributed by atoms with Gasteiger partial charge in [-0.1, -0.05) is 47.0 Å². The van der Waals surface area contributed by atoms with Crippen LogP contribution in [0.4, 0.5) is 0 Å². The lowest BCUT2D eigenvalue weighted by atomic mass is 9.77. The molecule has 0 bridgehead atoms. The molecular weight excluding hydrogens is 254 g/mol. The molecule has 1 fully saturated rings. The summed E-state index contributed by atoms with van der Waals surface area (Å²) < 4.78 is 0. The fraction of sp³-hybridized carbons (Fsp3) is 0.875. The van der Waals surface area contributed by atoms with Crippen LogP contribution in [0.15, 0.2) is 0 Å². The van der Waals surface area contributed by atoms with Crippen LogP contribution >= 0.6 is 0 Å². The number of nitrogens with one attached hydrogen (secondary N) is 1. The summed E-state index contributed by atoms with van der Waals surface area (Å²) in [5.74, 6) is -0.568. The van der Waals surface area contributed by atoms with Gasteiger partial charge in [0.1, 0.15) is 6.04 Å². The monoisotopic (exact) mass is 283 g/mol. The Balaban J connectivity index is 2.82. The second kappa shape index (κ2) is 7.09. The molecule has 0 heterocycles. The van der Waals surface area contributed by atoms with Crippen molar-refractivity contribution in [2.45, 2.75) is 72.3 Å². The second-order valence-corrected chi connectivity index (χ2v) is 6.76. The van der Waals surface area contributed by atoms with Crippen molar-refractivity contribution in [1.82, 2.24) is 5.32 Å². The molecule has 1 saturated carbocycles. The SMILES string of the molecule is CCC(C)C(NC(=O)C1(CC(C)C)CCCC1)C(=O)O. The Morgan fingerprint density at radius 2 is 1.75 bits per heavy atom. The van der Waals surface area contributed by atoms with E-state index >= 15 is 0 Å². The van der Waals surface area contributed by atoms with Crippen molar-refractivity contribution in [3.8, 4) is 0 Å². The Morgan fingerprint density at radius 1 is 1.20 bits per heavy atom. The van der Waals surface area contributed by atoms with Crippen LogP contribution in [0.25, 0.3) is 0 Å². The molecule has 4 heteroatoms. The van der Waals surface area contributed by atoms with Crippen molar-refractivity contribution >= 4 is 11.9 Å². The van der Waals surface area contributed by atoms with Gasteiger partial charge in [-0.05, 0) is 31.1 Å². The molecule has 1 aliphatic carbocycles. The zero-order valence-corrected chi connectivity index (χ0v) is 13.2. The molecule has 4 nitrogen and oxygen atoms in total. The molecule has 0 radical (unpaired) electrons. The summed E-state index contributed by atoms with van der Waals surface area (Å²) in [5.41, 5.74) is -0.338. The number of hydrogen-bond donors (Lipinski definition) is 2. The molecule has 0 aromatic heterocycles. The topological polar surface area (TPSA) is 66.4 Å². The predicted molar refractivity (Wildman–Crippen MR) is 79.4 cm³/mol. The van der Waals surface area contributed by atoms with Gasteiger partial charge in [0.25, 0.3) is 0 Å². The molecule has 2 N–H and O–H groups in total. The van der Waals surface area contributed by atoms with Crippen molar-refractivity contribution in [2.75, 3.05) is 0 Å². The zero-order chi connectivity index (χ0) is 15.3. The molecule has 1 amide bonds. The molecule has 1 rings (SSSR count). The number of rotatable bonds is 7. The van der Waals surface area contributed by atoms with E-state index in [0.29, 0.717) is 5.92 Å². The van der Waals surface area contributed by atoms with Gasteiger partial charge in [-0.25, -0.2) is 4.79 Å². The van der Waals surface area contributed by atoms with Gasteiger partial charge in [0, 0.05) is 5.41 Å². The third kappa shape index (κ3) is 3.97. The number of aliphatic carboxylic acids is 1. The highest BCUT2D eigenvalue weighted by Crippen LogP contribution is 2.43. The molecule has 2 unspecified atom stereocenters. The normalized spacial score (nSPS) is 20.6. The highest BCUT2D eigenvalue weighted by atomic mass is 16.4. The smallest absolute Gasteiger partial charge is 0.326 e. The molecule has 20 heavy (non-hydrogen) atoms. The maximum atomic E-state index is 12.7. The second-order valence-electron chi connectivity index (χ2n) is 6.76. The van der Waals surface area contributed by atoms with Gasteiger partial charge in [0.15, 0.2) is 0 Å². The maximum Gasteiger partial charge on any atom is 0.326 e. The van der Waals surface area contributed by atoms with Crippen LogP contribution in [0.5, 0.6) is 0 Å². The first-order valence-electron chi connectivity index (χ1n) is 7.86. The van der Waals surface area contributed by atoms with E-state index in [0.717, 1.165) is 38.5 Å². The Labute approximate surface area is 122 Å². The van der Waals surface area contributed by atoms with Crippen molar-refractivity contribution in [2.24, 2.45) is 17.3 Å². The third-order valence-corrected chi connectivity index (χ3v) is 4.61. The van der Waals surface area contributed by atoms with E-state index in [4.69, 9.17) is 0 Å². The van der Waals surface area contributed by atoms with Crippen LogP contribution in [0.2, 0.25) is 0 Å². The van der Waals surface area contributed by atoms with Crippen molar-refractivity contribution in [3.05, 3.63) is 0 Å². The fourth-order valence-corrected chi connectivity index (χ4v) is 3.33. The largest absolute Gasteiger partial charge is 0.480 e. The Morgan fingerprint density at radius 3 is 2.15 bits per heavy atom. The van der Waals surface area contributed by atoms with Crippen molar-refractivity contribution in [1.29, 1.82) is 0 Å². The van der Waals surface area contributed by atoms with Crippen LogP contribution in [-0.4, -0.2) is 23.0 Å². The quantitative estimate of drug-likeness (QED) is 0.754. The number of carbonyl (C=O) groups excluding carboxylic acids is 1. The third-order valence-electron chi connectivity index (χ3n) is 4.61. The molecule has 0 aliphatic heterocycles. The molecular formula is C16H29NO3. The van der Waals surface area contributed by atoms with E-state index in [2.05, 4.69) is 19.2 Å². The summed E-state index contributed by atoms with van der Waals surface area (Å²) in [6.45, 7) is 8.07. The summed E-state index contributed by atoms with van der Waals surface area (Å²) in [7, 11) is 0. The van der Waals surface area contributed by atoms with Gasteiger partial charge in [0.2, 0.25) is 5.91 Å². The van der Waals surface area contributed by atoms with Crippen LogP contribution in [0.3, 0.4) is 0 Å². The minimum atomic E-state index is -0.926. The van der Waals surface area contributed by atoms with Crippen LogP contribution in [0, 0.1) is 17.3 Å². The summed E-state index contributed by atoms with van der Waals surface area (Å²) in [6, 6.07) is -0.767. The van der Waals surface area contributed by atoms with Crippen LogP contribution in [0.1, 0.15) is 66.2 Å². The highest BCUT2D eigenvalue weighted by molar-refractivity contribution is 5.87. The van der Waals surface area contributed by atoms with Gasteiger partial charge < -0.3 is 10.4 Å². The van der Waals surface area contributed by atoms with Gasteiger partial charge >= 0.3 is 5.97 Å². The molecule has 2 atom stereocenters. The summed E-state index contributed by atoms with van der Waals surface area (Å²) in [6.07, 6.45) is 5.52. The highest BCUT2D eigenvalue weighted by Gasteiger charge is 2.43. The molecule has 0 saturated heterocycles. The number of carboxylic acid groups (broad SMARTS) is 1. The first kappa shape index (κ1) is 17.0. The zero-order valence-electron chi connectivity index (χ0n) is 13.2. The van der Waals surface area contributed by atoms with Crippen molar-refractivity contribution in [3.63, 3.8) is 0 Å². The van der Waals surface area contributed by atoms with E-state index < -0.39 is 12.0 Å².